The summed E-state index contributed by atoms with van der Waals surface area (Å²) in [6.07, 6.45) is 0. The summed E-state index contributed by atoms with van der Waals surface area (Å²) < 4.78 is 14.6. The molecule has 0 aliphatic heterocycles. The second-order valence-corrected chi connectivity index (χ2v) is 6.75. The van der Waals surface area contributed by atoms with E-state index in [0.717, 1.165) is 10.1 Å². The zero-order valence-corrected chi connectivity index (χ0v) is 13.7. The average Bonchev–Trinajstić information content (AvgIpc) is 2.85. The molecule has 1 amide bonds. The molecule has 0 saturated heterocycles. The summed E-state index contributed by atoms with van der Waals surface area (Å²) in [5.41, 5.74) is 0.632. The van der Waals surface area contributed by atoms with Gasteiger partial charge in [0, 0.05) is 14.2 Å². The lowest BCUT2D eigenvalue weighted by molar-refractivity contribution is 0.103. The van der Waals surface area contributed by atoms with Gasteiger partial charge in [-0.2, -0.15) is 0 Å². The summed E-state index contributed by atoms with van der Waals surface area (Å²) in [5.74, 6) is -0.545. The van der Waals surface area contributed by atoms with Crippen molar-refractivity contribution in [1.82, 2.24) is 0 Å². The molecule has 3 aromatic rings. The smallest absolute Gasteiger partial charge is 0.265 e. The minimum Gasteiger partial charge on any atom is -0.320 e. The Kier molecular flexibility index (Phi) is 3.97. The summed E-state index contributed by atoms with van der Waals surface area (Å²) in [7, 11) is 0. The van der Waals surface area contributed by atoms with Crippen molar-refractivity contribution in [3.8, 4) is 0 Å². The predicted molar refractivity (Wildman–Crippen MR) is 88.9 cm³/mol. The normalized spacial score (nSPS) is 10.8. The number of hydrogen-bond donors (Lipinski definition) is 1. The molecule has 0 aliphatic rings. The van der Waals surface area contributed by atoms with Crippen LogP contribution in [0.5, 0.6) is 0 Å². The molecule has 6 heteroatoms. The summed E-state index contributed by atoms with van der Waals surface area (Å²) >= 11 is 10.5. The first-order valence-electron chi connectivity index (χ1n) is 5.98. The van der Waals surface area contributed by atoms with E-state index in [9.17, 15) is 9.18 Å². The summed E-state index contributed by atoms with van der Waals surface area (Å²) in [6.45, 7) is 0. The average molecular weight is 385 g/mol. The second-order valence-electron chi connectivity index (χ2n) is 4.37. The third kappa shape index (κ3) is 3.10. The van der Waals surface area contributed by atoms with Gasteiger partial charge in [0.25, 0.3) is 5.91 Å². The lowest BCUT2D eigenvalue weighted by Gasteiger charge is -2.06. The van der Waals surface area contributed by atoms with E-state index in [4.69, 9.17) is 11.6 Å². The Hall–Kier alpha value is -1.43. The van der Waals surface area contributed by atoms with Crippen LogP contribution in [0.4, 0.5) is 10.1 Å². The molecule has 2 nitrogen and oxygen atoms in total. The minimum absolute atomic E-state index is 0.236. The van der Waals surface area contributed by atoms with E-state index in [1.54, 1.807) is 30.3 Å². The van der Waals surface area contributed by atoms with Crippen LogP contribution in [-0.2, 0) is 0 Å². The molecule has 1 aromatic heterocycles. The molecule has 3 rings (SSSR count). The van der Waals surface area contributed by atoms with Crippen LogP contribution in [0.3, 0.4) is 0 Å². The van der Waals surface area contributed by atoms with Crippen LogP contribution >= 0.6 is 38.9 Å². The van der Waals surface area contributed by atoms with E-state index in [1.165, 1.54) is 23.5 Å². The third-order valence-corrected chi connectivity index (χ3v) is 4.87. The monoisotopic (exact) mass is 383 g/mol. The topological polar surface area (TPSA) is 29.1 Å². The zero-order chi connectivity index (χ0) is 15.0. The highest BCUT2D eigenvalue weighted by Crippen LogP contribution is 2.29. The van der Waals surface area contributed by atoms with Crippen molar-refractivity contribution in [3.05, 3.63) is 62.7 Å². The molecule has 0 atom stereocenters. The minimum atomic E-state index is -0.309. The van der Waals surface area contributed by atoms with Gasteiger partial charge in [0.05, 0.1) is 10.6 Å². The number of rotatable bonds is 2. The van der Waals surface area contributed by atoms with Gasteiger partial charge in [-0.15, -0.1) is 11.3 Å². The van der Waals surface area contributed by atoms with E-state index in [0.29, 0.717) is 20.1 Å². The summed E-state index contributed by atoms with van der Waals surface area (Å²) in [6, 6.07) is 11.3. The molecular formula is C15H8BrClFNOS. The van der Waals surface area contributed by atoms with Gasteiger partial charge >= 0.3 is 0 Å². The number of amides is 1. The van der Waals surface area contributed by atoms with Crippen molar-refractivity contribution in [1.29, 1.82) is 0 Å². The third-order valence-electron chi connectivity index (χ3n) is 2.89. The molecule has 0 spiro atoms. The molecule has 2 aromatic carbocycles. The number of hydrogen-bond acceptors (Lipinski definition) is 2. The first-order chi connectivity index (χ1) is 10.0. The first-order valence-corrected chi connectivity index (χ1v) is 7.97. The van der Waals surface area contributed by atoms with E-state index < -0.39 is 0 Å². The highest BCUT2D eigenvalue weighted by Gasteiger charge is 2.12. The fourth-order valence-electron chi connectivity index (χ4n) is 1.89. The number of nitrogens with one attached hydrogen (secondary N) is 1. The van der Waals surface area contributed by atoms with Crippen LogP contribution < -0.4 is 5.32 Å². The molecular weight excluding hydrogens is 377 g/mol. The highest BCUT2D eigenvalue weighted by atomic mass is 79.9. The van der Waals surface area contributed by atoms with Crippen LogP contribution in [0, 0.1) is 5.82 Å². The molecule has 0 radical (unpaired) electrons. The molecule has 0 aliphatic carbocycles. The molecule has 0 fully saturated rings. The Labute approximate surface area is 137 Å². The zero-order valence-electron chi connectivity index (χ0n) is 10.5. The lowest BCUT2D eigenvalue weighted by Crippen LogP contribution is -2.10. The molecule has 1 N–H and O–H groups in total. The van der Waals surface area contributed by atoms with Gasteiger partial charge < -0.3 is 5.32 Å². The van der Waals surface area contributed by atoms with Gasteiger partial charge in [-0.25, -0.2) is 4.39 Å². The van der Waals surface area contributed by atoms with Crippen LogP contribution in [-0.4, -0.2) is 5.91 Å². The largest absolute Gasteiger partial charge is 0.320 e. The van der Waals surface area contributed by atoms with Crippen molar-refractivity contribution in [2.24, 2.45) is 0 Å². The molecule has 0 bridgehead atoms. The molecule has 0 unspecified atom stereocenters. The fraction of sp³-hybridized carbons (Fsp3) is 0. The number of fused-ring (bicyclic) bond motifs is 1. The summed E-state index contributed by atoms with van der Waals surface area (Å²) in [4.78, 5) is 12.8. The maximum atomic E-state index is 13.2. The van der Waals surface area contributed by atoms with Crippen LogP contribution in [0.2, 0.25) is 5.02 Å². The predicted octanol–water partition coefficient (Wildman–Crippen LogP) is 5.71. The van der Waals surface area contributed by atoms with Gasteiger partial charge in [-0.1, -0.05) is 17.7 Å². The molecule has 1 heterocycles. The van der Waals surface area contributed by atoms with Crippen molar-refractivity contribution in [3.63, 3.8) is 0 Å². The molecule has 21 heavy (non-hydrogen) atoms. The Morgan fingerprint density at radius 3 is 2.76 bits per heavy atom. The quantitative estimate of drug-likeness (QED) is 0.602. The van der Waals surface area contributed by atoms with Crippen LogP contribution in [0.25, 0.3) is 10.1 Å². The standard InChI is InChI=1S/C15H8BrClFNOS/c16-11-6-9(17)2-4-12(11)19-15(20)14-5-8-1-3-10(18)7-13(8)21-14/h1-7H,(H,19,20). The number of carbonyl (C=O) groups excluding carboxylic acids is 1. The van der Waals surface area contributed by atoms with Crippen molar-refractivity contribution >= 4 is 60.5 Å². The first kappa shape index (κ1) is 14.5. The van der Waals surface area contributed by atoms with Gasteiger partial charge in [0.15, 0.2) is 0 Å². The summed E-state index contributed by atoms with van der Waals surface area (Å²) in [5, 5.41) is 4.23. The van der Waals surface area contributed by atoms with Gasteiger partial charge in [0.1, 0.15) is 5.82 Å². The Morgan fingerprint density at radius 1 is 1.19 bits per heavy atom. The van der Waals surface area contributed by atoms with Crippen molar-refractivity contribution < 1.29 is 9.18 Å². The lowest BCUT2D eigenvalue weighted by atomic mass is 10.2. The van der Waals surface area contributed by atoms with Gasteiger partial charge in [-0.05, 0) is 57.7 Å². The SMILES string of the molecule is O=C(Nc1ccc(Cl)cc1Br)c1cc2ccc(F)cc2s1. The van der Waals surface area contributed by atoms with E-state index in [2.05, 4.69) is 21.2 Å². The number of benzene rings is 2. The van der Waals surface area contributed by atoms with Gasteiger partial charge in [-0.3, -0.25) is 4.79 Å². The second kappa shape index (κ2) is 5.75. The molecule has 106 valence electrons. The fourth-order valence-corrected chi connectivity index (χ4v) is 3.66. The number of carbonyl (C=O) groups is 1. The van der Waals surface area contributed by atoms with Crippen LogP contribution in [0.1, 0.15) is 9.67 Å². The maximum absolute atomic E-state index is 13.2. The number of halogens is 3. The van der Waals surface area contributed by atoms with Crippen molar-refractivity contribution in [2.45, 2.75) is 0 Å². The van der Waals surface area contributed by atoms with E-state index in [-0.39, 0.29) is 11.7 Å². The van der Waals surface area contributed by atoms with Gasteiger partial charge in [0.2, 0.25) is 0 Å². The highest BCUT2D eigenvalue weighted by molar-refractivity contribution is 9.10. The maximum Gasteiger partial charge on any atom is 0.265 e. The Balaban J connectivity index is 1.89. The number of thiophene rings is 1. The van der Waals surface area contributed by atoms with E-state index >= 15 is 0 Å². The molecule has 0 saturated carbocycles. The van der Waals surface area contributed by atoms with Crippen molar-refractivity contribution in [2.75, 3.05) is 5.32 Å². The Bertz CT molecular complexity index is 849. The van der Waals surface area contributed by atoms with E-state index in [1.807, 2.05) is 0 Å². The number of anilines is 1. The Morgan fingerprint density at radius 2 is 2.00 bits per heavy atom. The van der Waals surface area contributed by atoms with Crippen LogP contribution in [0.15, 0.2) is 46.9 Å².